The van der Waals surface area contributed by atoms with E-state index < -0.39 is 47.7 Å². The Labute approximate surface area is 330 Å². The molecule has 2 aliphatic heterocycles. The van der Waals surface area contributed by atoms with Crippen molar-refractivity contribution >= 4 is 69.4 Å². The van der Waals surface area contributed by atoms with Crippen LogP contribution in [0.1, 0.15) is 62.2 Å². The number of aromatic nitrogens is 2. The second-order valence-corrected chi connectivity index (χ2v) is 16.1. The van der Waals surface area contributed by atoms with Crippen LogP contribution in [-0.2, 0) is 35.2 Å². The summed E-state index contributed by atoms with van der Waals surface area (Å²) in [4.78, 5) is 70.7. The number of β-lactam (4-membered cyclic amide) rings is 1. The molecule has 2 atom stereocenters. The van der Waals surface area contributed by atoms with Gasteiger partial charge in [-0.2, -0.15) is 0 Å². The molecule has 2 aliphatic rings. The number of hydrogen-bond donors (Lipinski definition) is 3. The van der Waals surface area contributed by atoms with E-state index >= 15 is 0 Å². The topological polar surface area (TPSA) is 187 Å². The Balaban J connectivity index is 1.32. The predicted molar refractivity (Wildman–Crippen MR) is 208 cm³/mol. The van der Waals surface area contributed by atoms with Gasteiger partial charge in [-0.15, -0.1) is 0 Å². The van der Waals surface area contributed by atoms with Crippen LogP contribution in [0.2, 0.25) is 4.34 Å². The Morgan fingerprint density at radius 2 is 1.75 bits per heavy atom. The second kappa shape index (κ2) is 16.9. The molecule has 14 nitrogen and oxygen atoms in total. The summed E-state index contributed by atoms with van der Waals surface area (Å²) in [6.07, 6.45) is 0.934. The molecule has 17 heteroatoms. The number of nitrogens with one attached hydrogen (secondary N) is 2. The van der Waals surface area contributed by atoms with Crippen LogP contribution in [0.25, 0.3) is 0 Å². The molecule has 4 aromatic rings. The maximum Gasteiger partial charge on any atom is 0.407 e. The van der Waals surface area contributed by atoms with Crippen LogP contribution in [0.15, 0.2) is 99.6 Å². The van der Waals surface area contributed by atoms with Crippen molar-refractivity contribution < 1.29 is 33.5 Å². The number of halogens is 1. The number of nitrogen functional groups attached to an aromatic ring is 1. The summed E-state index contributed by atoms with van der Waals surface area (Å²) in [6, 6.07) is 20.5. The molecule has 0 aliphatic carbocycles. The van der Waals surface area contributed by atoms with Gasteiger partial charge in [0.1, 0.15) is 34.5 Å². The predicted octanol–water partition coefficient (Wildman–Crippen LogP) is 5.98. The van der Waals surface area contributed by atoms with Crippen LogP contribution >= 0.6 is 34.7 Å². The molecule has 55 heavy (non-hydrogen) atoms. The van der Waals surface area contributed by atoms with Crippen molar-refractivity contribution in [2.75, 3.05) is 12.8 Å². The molecule has 3 amide bonds. The molecule has 286 valence electrons. The number of esters is 1. The number of amides is 3. The zero-order valence-electron chi connectivity index (χ0n) is 30.3. The van der Waals surface area contributed by atoms with Crippen LogP contribution in [0.3, 0.4) is 0 Å². The van der Waals surface area contributed by atoms with E-state index in [1.807, 2.05) is 66.7 Å². The Hall–Kier alpha value is -5.45. The second-order valence-electron chi connectivity index (χ2n) is 13.3. The number of carbonyl (C=O) groups excluding carboxylic acids is 4. The first-order valence-electron chi connectivity index (χ1n) is 17.1. The SMILES string of the molecule is CO/N=C(\C(=O)N[C@@H]1C(=O)N2C(C(=O)OC(c3ccccc3)c3ccccc3)=C(Sc3cccnc3CNC(=O)OC(C)(C)C)CC[C@H]12)c1nc(N)sc1Cl. The summed E-state index contributed by atoms with van der Waals surface area (Å²) in [7, 11) is 1.26. The number of hydrogen-bond acceptors (Lipinski definition) is 13. The van der Waals surface area contributed by atoms with E-state index in [1.165, 1.54) is 23.8 Å². The fraction of sp³-hybridized carbons (Fsp3) is 0.289. The molecule has 0 spiro atoms. The number of fused-ring (bicyclic) bond motifs is 1. The van der Waals surface area contributed by atoms with Crippen molar-refractivity contribution in [1.29, 1.82) is 0 Å². The third-order valence-corrected chi connectivity index (χ3v) is 10.7. The standard InChI is InChI=1S/C38H38ClN7O7S2/c1-38(2,3)53-37(50)42-20-23-25(16-11-19-41-23)54-26-18-17-24-27(43-33(47)29(45-51-4)28-32(39)55-36(40)44-28)34(48)46(24)30(26)35(49)52-31(21-12-7-5-8-13-21)22-14-9-6-10-15-22/h5-16,19,24,27,31H,17-18,20H2,1-4H3,(H2,40,44)(H,42,50)(H,43,47)/b45-29-/t24-,27+/m1/s1. The van der Waals surface area contributed by atoms with Crippen LogP contribution in [0.4, 0.5) is 9.93 Å². The minimum atomic E-state index is -1.01. The van der Waals surface area contributed by atoms with E-state index in [2.05, 4.69) is 25.8 Å². The first kappa shape index (κ1) is 39.2. The highest BCUT2D eigenvalue weighted by Crippen LogP contribution is 2.45. The van der Waals surface area contributed by atoms with Gasteiger partial charge in [-0.05, 0) is 56.9 Å². The average Bonchev–Trinajstić information content (AvgIpc) is 3.50. The highest BCUT2D eigenvalue weighted by atomic mass is 35.5. The number of anilines is 1. The van der Waals surface area contributed by atoms with Gasteiger partial charge in [-0.25, -0.2) is 14.6 Å². The van der Waals surface area contributed by atoms with Crippen molar-refractivity contribution in [2.45, 2.75) is 68.8 Å². The monoisotopic (exact) mass is 803 g/mol. The number of pyridine rings is 1. The third-order valence-electron chi connectivity index (χ3n) is 8.41. The van der Waals surface area contributed by atoms with Gasteiger partial charge in [0, 0.05) is 16.0 Å². The van der Waals surface area contributed by atoms with Gasteiger partial charge in [-0.1, -0.05) is 101 Å². The number of allylic oxidation sites excluding steroid dienone is 1. The Bertz CT molecular complexity index is 2100. The van der Waals surface area contributed by atoms with Crippen molar-refractivity contribution in [3.8, 4) is 0 Å². The lowest BCUT2D eigenvalue weighted by Gasteiger charge is -2.50. The molecule has 2 aromatic carbocycles. The van der Waals surface area contributed by atoms with Crippen molar-refractivity contribution in [1.82, 2.24) is 25.5 Å². The maximum atomic E-state index is 14.5. The molecule has 0 bridgehead atoms. The Kier molecular flexibility index (Phi) is 12.1. The highest BCUT2D eigenvalue weighted by Gasteiger charge is 2.54. The number of nitrogens with zero attached hydrogens (tertiary/aromatic N) is 4. The zero-order chi connectivity index (χ0) is 39.3. The summed E-state index contributed by atoms with van der Waals surface area (Å²) in [5.41, 5.74) is 6.91. The van der Waals surface area contributed by atoms with E-state index in [4.69, 9.17) is 31.6 Å². The van der Waals surface area contributed by atoms with Gasteiger partial charge in [0.05, 0.1) is 18.3 Å². The molecule has 2 aromatic heterocycles. The lowest BCUT2D eigenvalue weighted by atomic mass is 9.86. The largest absolute Gasteiger partial charge is 0.448 e. The first-order valence-corrected chi connectivity index (χ1v) is 19.2. The van der Waals surface area contributed by atoms with E-state index in [0.717, 1.165) is 22.5 Å². The number of benzene rings is 2. The van der Waals surface area contributed by atoms with Crippen LogP contribution in [0.5, 0.6) is 0 Å². The summed E-state index contributed by atoms with van der Waals surface area (Å²) in [5, 5.41) is 9.40. The number of thiazole rings is 1. The summed E-state index contributed by atoms with van der Waals surface area (Å²) < 4.78 is 11.8. The van der Waals surface area contributed by atoms with Crippen molar-refractivity contribution in [2.24, 2.45) is 5.16 Å². The molecule has 4 heterocycles. The molecule has 0 radical (unpaired) electrons. The minimum absolute atomic E-state index is 0.0138. The average molecular weight is 804 g/mol. The Morgan fingerprint density at radius 3 is 2.35 bits per heavy atom. The summed E-state index contributed by atoms with van der Waals surface area (Å²) in [6.45, 7) is 5.35. The molecule has 1 fully saturated rings. The molecule has 0 saturated carbocycles. The minimum Gasteiger partial charge on any atom is -0.448 e. The van der Waals surface area contributed by atoms with Crippen LogP contribution in [0, 0.1) is 0 Å². The lowest BCUT2D eigenvalue weighted by molar-refractivity contribution is -0.158. The van der Waals surface area contributed by atoms with E-state index in [9.17, 15) is 19.2 Å². The van der Waals surface area contributed by atoms with Gasteiger partial charge in [-0.3, -0.25) is 19.5 Å². The summed E-state index contributed by atoms with van der Waals surface area (Å²) >= 11 is 8.49. The van der Waals surface area contributed by atoms with Gasteiger partial charge >= 0.3 is 12.1 Å². The van der Waals surface area contributed by atoms with Gasteiger partial charge in [0.2, 0.25) is 0 Å². The first-order chi connectivity index (χ1) is 26.3. The van der Waals surface area contributed by atoms with E-state index in [-0.39, 0.29) is 33.1 Å². The quantitative estimate of drug-likeness (QED) is 0.0663. The molecule has 1 saturated heterocycles. The number of nitrogens with two attached hydrogens (primary N) is 1. The summed E-state index contributed by atoms with van der Waals surface area (Å²) in [5.74, 6) is -2.02. The lowest BCUT2D eigenvalue weighted by Crippen LogP contribution is -2.72. The van der Waals surface area contributed by atoms with Gasteiger partial charge in [0.15, 0.2) is 16.9 Å². The van der Waals surface area contributed by atoms with Gasteiger partial charge in [0.25, 0.3) is 11.8 Å². The van der Waals surface area contributed by atoms with Crippen molar-refractivity contribution in [3.63, 3.8) is 0 Å². The fourth-order valence-electron chi connectivity index (χ4n) is 6.07. The number of thioether (sulfide) groups is 1. The molecular weight excluding hydrogens is 766 g/mol. The smallest absolute Gasteiger partial charge is 0.407 e. The third kappa shape index (κ3) is 9.10. The molecular formula is C38H38ClN7O7S2. The fourth-order valence-corrected chi connectivity index (χ4v) is 8.15. The van der Waals surface area contributed by atoms with E-state index in [1.54, 1.807) is 33.0 Å². The zero-order valence-corrected chi connectivity index (χ0v) is 32.7. The molecule has 6 rings (SSSR count). The molecule has 4 N–H and O–H groups in total. The normalized spacial score (nSPS) is 16.9. The van der Waals surface area contributed by atoms with Crippen LogP contribution in [-0.4, -0.2) is 69.3 Å². The maximum absolute atomic E-state index is 14.5. The Morgan fingerprint density at radius 1 is 1.07 bits per heavy atom. The van der Waals surface area contributed by atoms with Crippen molar-refractivity contribution in [3.05, 3.63) is 116 Å². The number of rotatable bonds is 12. The molecule has 0 unspecified atom stereocenters. The number of carbonyl (C=O) groups is 4. The highest BCUT2D eigenvalue weighted by molar-refractivity contribution is 8.03. The van der Waals surface area contributed by atoms with E-state index in [0.29, 0.717) is 28.3 Å². The van der Waals surface area contributed by atoms with Crippen LogP contribution < -0.4 is 16.4 Å². The number of ether oxygens (including phenoxy) is 2. The van der Waals surface area contributed by atoms with Gasteiger partial charge < -0.3 is 30.7 Å². The number of oxime groups is 1. The number of alkyl carbamates (subject to hydrolysis) is 1.